The van der Waals surface area contributed by atoms with Crippen LogP contribution in [0.4, 0.5) is 0 Å². The lowest BCUT2D eigenvalue weighted by Crippen LogP contribution is -2.43. The summed E-state index contributed by atoms with van der Waals surface area (Å²) in [6.45, 7) is 8.46. The number of carboxylic acids is 1. The van der Waals surface area contributed by atoms with Crippen molar-refractivity contribution in [3.63, 3.8) is 0 Å². The normalized spacial score (nSPS) is 25.3. The van der Waals surface area contributed by atoms with E-state index in [4.69, 9.17) is 0 Å². The van der Waals surface area contributed by atoms with E-state index in [2.05, 4.69) is 30.0 Å². The van der Waals surface area contributed by atoms with Gasteiger partial charge in [0.2, 0.25) is 5.91 Å². The predicted molar refractivity (Wildman–Crippen MR) is 100 cm³/mol. The summed E-state index contributed by atoms with van der Waals surface area (Å²) in [4.78, 5) is 28.4. The van der Waals surface area contributed by atoms with Gasteiger partial charge in [0.15, 0.2) is 0 Å². The number of piperidine rings is 1. The van der Waals surface area contributed by atoms with Crippen LogP contribution in [0.1, 0.15) is 50.3 Å². The number of aromatic nitrogens is 2. The number of aryl methyl sites for hydroxylation is 2. The summed E-state index contributed by atoms with van der Waals surface area (Å²) < 4.78 is 1.98. The van der Waals surface area contributed by atoms with Crippen molar-refractivity contribution in [3.05, 3.63) is 17.5 Å². The third kappa shape index (κ3) is 3.61. The number of nitrogens with zero attached hydrogens (tertiary/aromatic N) is 4. The summed E-state index contributed by atoms with van der Waals surface area (Å²) in [7, 11) is 0. The van der Waals surface area contributed by atoms with Gasteiger partial charge in [0.25, 0.3) is 0 Å². The average Bonchev–Trinajstić information content (AvgIpc) is 3.35. The lowest BCUT2D eigenvalue weighted by molar-refractivity contribution is -0.148. The summed E-state index contributed by atoms with van der Waals surface area (Å²) in [5.74, 6) is -0.685. The minimum Gasteiger partial charge on any atom is -0.480 e. The Bertz CT molecular complexity index is 732. The van der Waals surface area contributed by atoms with Crippen molar-refractivity contribution in [2.75, 3.05) is 19.6 Å². The predicted octanol–water partition coefficient (Wildman–Crippen LogP) is 1.89. The highest BCUT2D eigenvalue weighted by molar-refractivity contribution is 5.87. The third-order valence-corrected chi connectivity index (χ3v) is 6.69. The second kappa shape index (κ2) is 6.93. The van der Waals surface area contributed by atoms with Gasteiger partial charge in [-0.25, -0.2) is 4.79 Å². The molecule has 3 fully saturated rings. The molecule has 3 heterocycles. The standard InChI is InChI=1S/C20H30N4O3/c1-3-23-12-16(14(2)21-23)11-22-8-6-20(7-9-22)10-17(19(26)27)24(13-20)18(25)15-4-5-15/h12,15,17H,3-11,13H2,1-2H3,(H,26,27)/t17-/m1/s1. The number of carbonyl (C=O) groups excluding carboxylic acids is 1. The van der Waals surface area contributed by atoms with E-state index in [1.54, 1.807) is 4.90 Å². The van der Waals surface area contributed by atoms with Gasteiger partial charge in [0, 0.05) is 37.3 Å². The molecule has 2 aliphatic heterocycles. The molecule has 1 aromatic rings. The molecule has 1 N–H and O–H groups in total. The van der Waals surface area contributed by atoms with Crippen LogP contribution >= 0.6 is 0 Å². The first-order valence-electron chi connectivity index (χ1n) is 10.2. The molecule has 7 nitrogen and oxygen atoms in total. The molecule has 4 rings (SSSR count). The number of amides is 1. The maximum Gasteiger partial charge on any atom is 0.326 e. The van der Waals surface area contributed by atoms with Gasteiger partial charge in [-0.1, -0.05) is 0 Å². The third-order valence-electron chi connectivity index (χ3n) is 6.69. The van der Waals surface area contributed by atoms with Crippen LogP contribution in [-0.4, -0.2) is 62.2 Å². The van der Waals surface area contributed by atoms with Gasteiger partial charge in [-0.2, -0.15) is 5.10 Å². The minimum atomic E-state index is -0.842. The maximum absolute atomic E-state index is 12.6. The highest BCUT2D eigenvalue weighted by Crippen LogP contribution is 2.45. The molecule has 7 heteroatoms. The first-order chi connectivity index (χ1) is 12.9. The number of hydrogen-bond acceptors (Lipinski definition) is 4. The minimum absolute atomic E-state index is 0.0211. The number of rotatable bonds is 5. The molecule has 1 atom stereocenters. The molecule has 2 saturated heterocycles. The summed E-state index contributed by atoms with van der Waals surface area (Å²) in [5.41, 5.74) is 2.34. The molecule has 0 unspecified atom stereocenters. The molecule has 1 saturated carbocycles. The van der Waals surface area contributed by atoms with Gasteiger partial charge in [-0.3, -0.25) is 14.4 Å². The monoisotopic (exact) mass is 374 g/mol. The Morgan fingerprint density at radius 2 is 2.00 bits per heavy atom. The van der Waals surface area contributed by atoms with E-state index in [9.17, 15) is 14.7 Å². The number of aliphatic carboxylic acids is 1. The van der Waals surface area contributed by atoms with Gasteiger partial charge in [-0.15, -0.1) is 0 Å². The fraction of sp³-hybridized carbons (Fsp3) is 0.750. The van der Waals surface area contributed by atoms with Gasteiger partial charge in [0.1, 0.15) is 6.04 Å². The van der Waals surface area contributed by atoms with Crippen molar-refractivity contribution in [1.29, 1.82) is 0 Å². The first-order valence-corrected chi connectivity index (χ1v) is 10.2. The van der Waals surface area contributed by atoms with Gasteiger partial charge in [0.05, 0.1) is 5.69 Å². The van der Waals surface area contributed by atoms with Crippen LogP contribution in [0, 0.1) is 18.3 Å². The maximum atomic E-state index is 12.6. The van der Waals surface area contributed by atoms with E-state index in [1.807, 2.05) is 4.68 Å². The largest absolute Gasteiger partial charge is 0.480 e. The smallest absolute Gasteiger partial charge is 0.326 e. The Hall–Kier alpha value is -1.89. The Kier molecular flexibility index (Phi) is 4.74. The molecule has 1 aromatic heterocycles. The summed E-state index contributed by atoms with van der Waals surface area (Å²) in [5, 5.41) is 14.2. The van der Waals surface area contributed by atoms with Crippen LogP contribution in [0.5, 0.6) is 0 Å². The molecule has 1 amide bonds. The number of likely N-dealkylation sites (tertiary alicyclic amines) is 2. The van der Waals surface area contributed by atoms with Crippen molar-refractivity contribution in [3.8, 4) is 0 Å². The first kappa shape index (κ1) is 18.5. The Labute approximate surface area is 160 Å². The van der Waals surface area contributed by atoms with Crippen LogP contribution in [0.3, 0.4) is 0 Å². The number of carbonyl (C=O) groups is 2. The topological polar surface area (TPSA) is 78.7 Å². The molecule has 1 spiro atoms. The zero-order valence-corrected chi connectivity index (χ0v) is 16.4. The van der Waals surface area contributed by atoms with Crippen LogP contribution < -0.4 is 0 Å². The summed E-state index contributed by atoms with van der Waals surface area (Å²) >= 11 is 0. The SMILES string of the molecule is CCn1cc(CN2CCC3(CC2)C[C@H](C(=O)O)N(C(=O)C2CC2)C3)c(C)n1. The van der Waals surface area contributed by atoms with Crippen LogP contribution in [0.25, 0.3) is 0 Å². The van der Waals surface area contributed by atoms with Crippen LogP contribution in [0.2, 0.25) is 0 Å². The van der Waals surface area contributed by atoms with Gasteiger partial charge >= 0.3 is 5.97 Å². The molecule has 0 radical (unpaired) electrons. The molecule has 0 bridgehead atoms. The van der Waals surface area contributed by atoms with E-state index in [0.29, 0.717) is 13.0 Å². The Morgan fingerprint density at radius 3 is 2.56 bits per heavy atom. The van der Waals surface area contributed by atoms with E-state index in [-0.39, 0.29) is 17.2 Å². The number of carboxylic acid groups (broad SMARTS) is 1. The van der Waals surface area contributed by atoms with Crippen LogP contribution in [-0.2, 0) is 22.7 Å². The molecule has 0 aromatic carbocycles. The lowest BCUT2D eigenvalue weighted by Gasteiger charge is -2.39. The van der Waals surface area contributed by atoms with Crippen LogP contribution in [0.15, 0.2) is 6.20 Å². The second-order valence-electron chi connectivity index (χ2n) is 8.67. The molecule has 3 aliphatic rings. The molecule has 1 aliphatic carbocycles. The Morgan fingerprint density at radius 1 is 1.30 bits per heavy atom. The highest BCUT2D eigenvalue weighted by Gasteiger charge is 2.51. The van der Waals surface area contributed by atoms with Gasteiger partial charge in [-0.05, 0) is 64.5 Å². The Balaban J connectivity index is 1.39. The number of hydrogen-bond donors (Lipinski definition) is 1. The van der Waals surface area contributed by atoms with Gasteiger partial charge < -0.3 is 10.0 Å². The van der Waals surface area contributed by atoms with E-state index < -0.39 is 12.0 Å². The van der Waals surface area contributed by atoms with E-state index >= 15 is 0 Å². The summed E-state index contributed by atoms with van der Waals surface area (Å²) in [6.07, 6.45) is 6.52. The van der Waals surface area contributed by atoms with Crippen molar-refractivity contribution in [2.24, 2.45) is 11.3 Å². The van der Waals surface area contributed by atoms with Crippen molar-refractivity contribution >= 4 is 11.9 Å². The molecule has 148 valence electrons. The molecular formula is C20H30N4O3. The lowest BCUT2D eigenvalue weighted by atomic mass is 9.76. The molecular weight excluding hydrogens is 344 g/mol. The highest BCUT2D eigenvalue weighted by atomic mass is 16.4. The van der Waals surface area contributed by atoms with E-state index in [0.717, 1.165) is 57.6 Å². The zero-order chi connectivity index (χ0) is 19.2. The van der Waals surface area contributed by atoms with Crippen molar-refractivity contribution in [1.82, 2.24) is 19.6 Å². The quantitative estimate of drug-likeness (QED) is 0.851. The van der Waals surface area contributed by atoms with Crippen molar-refractivity contribution in [2.45, 2.75) is 65.1 Å². The zero-order valence-electron chi connectivity index (χ0n) is 16.4. The fourth-order valence-electron chi connectivity index (χ4n) is 4.74. The van der Waals surface area contributed by atoms with Crippen molar-refractivity contribution < 1.29 is 14.7 Å². The second-order valence-corrected chi connectivity index (χ2v) is 8.67. The fourth-order valence-corrected chi connectivity index (χ4v) is 4.74. The average molecular weight is 374 g/mol. The summed E-state index contributed by atoms with van der Waals surface area (Å²) in [6, 6.07) is -0.630. The van der Waals surface area contributed by atoms with E-state index in [1.165, 1.54) is 5.56 Å². The molecule has 27 heavy (non-hydrogen) atoms.